The second-order valence-electron chi connectivity index (χ2n) is 7.34. The third-order valence-corrected chi connectivity index (χ3v) is 3.68. The Morgan fingerprint density at radius 1 is 1.07 bits per heavy atom. The maximum atomic E-state index is 14.4. The molecule has 9 heteroatoms. The number of ether oxygens (including phenoxy) is 2. The molecule has 0 aromatic heterocycles. The molecule has 2 amide bonds. The Morgan fingerprint density at radius 2 is 1.73 bits per heavy atom. The summed E-state index contributed by atoms with van der Waals surface area (Å²) in [6.45, 7) is 4.88. The molecule has 0 saturated heterocycles. The Morgan fingerprint density at radius 3 is 2.30 bits per heavy atom. The first-order valence-corrected chi connectivity index (χ1v) is 9.04. The number of anilines is 1. The molecule has 2 aromatic rings. The highest BCUT2D eigenvalue weighted by atomic mass is 19.1. The van der Waals surface area contributed by atoms with Crippen LogP contribution in [0, 0.1) is 5.82 Å². The minimum absolute atomic E-state index is 0.00721. The summed E-state index contributed by atoms with van der Waals surface area (Å²) in [5.74, 6) is -2.29. The average Bonchev–Trinajstić information content (AvgIpc) is 2.65. The summed E-state index contributed by atoms with van der Waals surface area (Å²) >= 11 is 0. The molecule has 0 radical (unpaired) electrons. The normalized spacial score (nSPS) is 11.9. The molecule has 160 valence electrons. The molecular weight excluding hydrogens is 395 g/mol. The zero-order valence-electron chi connectivity index (χ0n) is 16.8. The lowest BCUT2D eigenvalue weighted by Gasteiger charge is -2.22. The quantitative estimate of drug-likeness (QED) is 0.647. The topological polar surface area (TPSA) is 114 Å². The van der Waals surface area contributed by atoms with Crippen molar-refractivity contribution in [2.75, 3.05) is 5.32 Å². The first-order chi connectivity index (χ1) is 14.0. The van der Waals surface area contributed by atoms with Gasteiger partial charge in [0.2, 0.25) is 0 Å². The van der Waals surface area contributed by atoms with Crippen molar-refractivity contribution in [3.8, 4) is 0 Å². The van der Waals surface area contributed by atoms with Gasteiger partial charge in [-0.1, -0.05) is 36.4 Å². The van der Waals surface area contributed by atoms with Crippen LogP contribution in [0.1, 0.15) is 37.9 Å². The van der Waals surface area contributed by atoms with Gasteiger partial charge in [-0.15, -0.1) is 0 Å². The van der Waals surface area contributed by atoms with Crippen molar-refractivity contribution in [1.82, 2.24) is 5.32 Å². The van der Waals surface area contributed by atoms with Gasteiger partial charge in [-0.3, -0.25) is 5.32 Å². The summed E-state index contributed by atoms with van der Waals surface area (Å²) in [5, 5.41) is 13.8. The second kappa shape index (κ2) is 9.73. The number of carboxylic acid groups (broad SMARTS) is 1. The molecule has 30 heavy (non-hydrogen) atoms. The van der Waals surface area contributed by atoms with Crippen molar-refractivity contribution >= 4 is 23.8 Å². The van der Waals surface area contributed by atoms with Gasteiger partial charge in [0.15, 0.2) is 6.04 Å². The van der Waals surface area contributed by atoms with E-state index in [0.717, 1.165) is 11.6 Å². The molecule has 0 bridgehead atoms. The van der Waals surface area contributed by atoms with Crippen LogP contribution in [-0.2, 0) is 20.9 Å². The van der Waals surface area contributed by atoms with Gasteiger partial charge in [-0.2, -0.15) is 0 Å². The number of hydrogen-bond donors (Lipinski definition) is 3. The monoisotopic (exact) mass is 418 g/mol. The third-order valence-electron chi connectivity index (χ3n) is 3.68. The van der Waals surface area contributed by atoms with Crippen molar-refractivity contribution in [2.45, 2.75) is 39.0 Å². The zero-order chi connectivity index (χ0) is 22.3. The molecule has 0 aliphatic rings. The van der Waals surface area contributed by atoms with Gasteiger partial charge in [-0.25, -0.2) is 18.8 Å². The highest BCUT2D eigenvalue weighted by molar-refractivity contribution is 5.85. The fourth-order valence-corrected chi connectivity index (χ4v) is 2.39. The molecule has 3 N–H and O–H groups in total. The van der Waals surface area contributed by atoms with Gasteiger partial charge in [0.1, 0.15) is 18.0 Å². The van der Waals surface area contributed by atoms with Gasteiger partial charge in [0, 0.05) is 0 Å². The molecule has 0 heterocycles. The van der Waals surface area contributed by atoms with Crippen LogP contribution in [0.5, 0.6) is 0 Å². The summed E-state index contributed by atoms with van der Waals surface area (Å²) in [6, 6.07) is 10.8. The van der Waals surface area contributed by atoms with Crippen molar-refractivity contribution in [1.29, 1.82) is 0 Å². The van der Waals surface area contributed by atoms with E-state index in [2.05, 4.69) is 10.6 Å². The fourth-order valence-electron chi connectivity index (χ4n) is 2.39. The van der Waals surface area contributed by atoms with Crippen molar-refractivity contribution < 1.29 is 33.4 Å². The van der Waals surface area contributed by atoms with Gasteiger partial charge < -0.3 is 19.9 Å². The number of benzene rings is 2. The largest absolute Gasteiger partial charge is 0.479 e. The highest BCUT2D eigenvalue weighted by Gasteiger charge is 2.26. The molecule has 0 fully saturated rings. The number of halogens is 1. The van der Waals surface area contributed by atoms with Crippen LogP contribution in [0.4, 0.5) is 19.7 Å². The minimum Gasteiger partial charge on any atom is -0.479 e. The predicted octanol–water partition coefficient (Wildman–Crippen LogP) is 4.22. The van der Waals surface area contributed by atoms with Crippen LogP contribution in [-0.4, -0.2) is 28.9 Å². The van der Waals surface area contributed by atoms with E-state index >= 15 is 0 Å². The van der Waals surface area contributed by atoms with Crippen LogP contribution < -0.4 is 10.6 Å². The minimum atomic E-state index is -1.53. The van der Waals surface area contributed by atoms with Crippen LogP contribution in [0.25, 0.3) is 0 Å². The number of aliphatic carboxylic acids is 1. The van der Waals surface area contributed by atoms with Crippen LogP contribution in [0.15, 0.2) is 48.5 Å². The maximum absolute atomic E-state index is 14.4. The molecule has 8 nitrogen and oxygen atoms in total. The summed E-state index contributed by atoms with van der Waals surface area (Å²) in [5.41, 5.74) is -0.292. The van der Waals surface area contributed by atoms with Crippen LogP contribution in [0.3, 0.4) is 0 Å². The number of amides is 2. The third kappa shape index (κ3) is 7.08. The first kappa shape index (κ1) is 22.7. The average molecular weight is 418 g/mol. The lowest BCUT2D eigenvalue weighted by atomic mass is 10.1. The van der Waals surface area contributed by atoms with E-state index in [4.69, 9.17) is 9.47 Å². The number of rotatable bonds is 6. The lowest BCUT2D eigenvalue weighted by Crippen LogP contribution is -2.38. The number of carbonyl (C=O) groups excluding carboxylic acids is 2. The number of carbonyl (C=O) groups is 3. The predicted molar refractivity (Wildman–Crippen MR) is 106 cm³/mol. The molecule has 0 saturated carbocycles. The van der Waals surface area contributed by atoms with Crippen molar-refractivity contribution in [3.05, 3.63) is 65.5 Å². The Balaban J connectivity index is 2.03. The zero-order valence-corrected chi connectivity index (χ0v) is 16.8. The standard InChI is InChI=1S/C21H23FN2O6/c1-21(2,3)30-20(28)24-17(18(25)26)14-9-10-16(15(22)11-14)23-19(27)29-12-13-7-5-4-6-8-13/h4-11,17H,12H2,1-3H3,(H,23,27)(H,24,28)(H,25,26). The molecule has 2 rings (SSSR count). The molecular formula is C21H23FN2O6. The Kier molecular flexibility index (Phi) is 7.35. The number of alkyl carbamates (subject to hydrolysis) is 1. The van der Waals surface area contributed by atoms with E-state index in [-0.39, 0.29) is 17.9 Å². The molecule has 1 atom stereocenters. The van der Waals surface area contributed by atoms with E-state index in [9.17, 15) is 23.9 Å². The molecule has 0 aliphatic carbocycles. The highest BCUT2D eigenvalue weighted by Crippen LogP contribution is 2.22. The van der Waals surface area contributed by atoms with Gasteiger partial charge >= 0.3 is 18.2 Å². The van der Waals surface area contributed by atoms with Gasteiger partial charge in [-0.05, 0) is 44.0 Å². The first-order valence-electron chi connectivity index (χ1n) is 9.04. The number of carboxylic acids is 1. The van der Waals surface area contributed by atoms with E-state index < -0.39 is 35.6 Å². The number of nitrogens with one attached hydrogen (secondary N) is 2. The molecule has 0 aliphatic heterocycles. The smallest absolute Gasteiger partial charge is 0.412 e. The fraction of sp³-hybridized carbons (Fsp3) is 0.286. The van der Waals surface area contributed by atoms with E-state index in [1.807, 2.05) is 6.07 Å². The van der Waals surface area contributed by atoms with Gasteiger partial charge in [0.25, 0.3) is 0 Å². The summed E-state index contributed by atoms with van der Waals surface area (Å²) < 4.78 is 24.4. The van der Waals surface area contributed by atoms with Crippen LogP contribution >= 0.6 is 0 Å². The van der Waals surface area contributed by atoms with Crippen molar-refractivity contribution in [3.63, 3.8) is 0 Å². The second-order valence-corrected chi connectivity index (χ2v) is 7.34. The van der Waals surface area contributed by atoms with Crippen molar-refractivity contribution in [2.24, 2.45) is 0 Å². The summed E-state index contributed by atoms with van der Waals surface area (Å²) in [7, 11) is 0. The molecule has 1 unspecified atom stereocenters. The summed E-state index contributed by atoms with van der Waals surface area (Å²) in [6.07, 6.45) is -1.82. The molecule has 0 spiro atoms. The lowest BCUT2D eigenvalue weighted by molar-refractivity contribution is -0.139. The van der Waals surface area contributed by atoms with E-state index in [0.29, 0.717) is 0 Å². The Bertz CT molecular complexity index is 911. The number of hydrogen-bond acceptors (Lipinski definition) is 5. The van der Waals surface area contributed by atoms with E-state index in [1.165, 1.54) is 12.1 Å². The Labute approximate surface area is 173 Å². The SMILES string of the molecule is CC(C)(C)OC(=O)NC(C(=O)O)c1ccc(NC(=O)OCc2ccccc2)c(F)c1. The van der Waals surface area contributed by atoms with E-state index in [1.54, 1.807) is 45.0 Å². The summed E-state index contributed by atoms with van der Waals surface area (Å²) in [4.78, 5) is 35.3. The van der Waals surface area contributed by atoms with Crippen LogP contribution in [0.2, 0.25) is 0 Å². The molecule has 2 aromatic carbocycles. The van der Waals surface area contributed by atoms with Gasteiger partial charge in [0.05, 0.1) is 5.69 Å². The maximum Gasteiger partial charge on any atom is 0.412 e. The Hall–Kier alpha value is -3.62.